The number of thiophene rings is 1. The van der Waals surface area contributed by atoms with Crippen molar-refractivity contribution in [3.05, 3.63) is 22.9 Å². The third-order valence-corrected chi connectivity index (χ3v) is 3.48. The van der Waals surface area contributed by atoms with Gasteiger partial charge >= 0.3 is 0 Å². The summed E-state index contributed by atoms with van der Waals surface area (Å²) in [5, 5.41) is 18.6. The summed E-state index contributed by atoms with van der Waals surface area (Å²) < 4.78 is 4.93. The number of anilines is 2. The summed E-state index contributed by atoms with van der Waals surface area (Å²) in [7, 11) is 0. The normalized spacial score (nSPS) is 14.5. The van der Waals surface area contributed by atoms with E-state index in [4.69, 9.17) is 9.78 Å². The Morgan fingerprint density at radius 2 is 2.47 bits per heavy atom. The molecular weight excluding hydrogens is 236 g/mol. The van der Waals surface area contributed by atoms with Crippen molar-refractivity contribution in [3.63, 3.8) is 0 Å². The van der Waals surface area contributed by atoms with Crippen LogP contribution in [0.25, 0.3) is 0 Å². The van der Waals surface area contributed by atoms with Crippen LogP contribution in [0.5, 0.6) is 0 Å². The minimum absolute atomic E-state index is 0.147. The topological polar surface area (TPSA) is 74.7 Å². The lowest BCUT2D eigenvalue weighted by molar-refractivity contribution is 0.388. The molecule has 1 aliphatic rings. The monoisotopic (exact) mass is 246 g/mol. The molecule has 5 nitrogen and oxygen atoms in total. The zero-order chi connectivity index (χ0) is 11.7. The standard InChI is InChI=1S/C11H10N4OS/c12-5-3-9-13-11(15-16-9)14-10-8(4-6-17-10)7-1-2-7/h4,6-7H,1-3H2,(H,14,15). The molecule has 3 rings (SSSR count). The van der Waals surface area contributed by atoms with E-state index >= 15 is 0 Å². The maximum absolute atomic E-state index is 8.51. The molecule has 1 N–H and O–H groups in total. The van der Waals surface area contributed by atoms with Crippen molar-refractivity contribution in [3.8, 4) is 6.07 Å². The predicted molar refractivity (Wildman–Crippen MR) is 63.2 cm³/mol. The van der Waals surface area contributed by atoms with Gasteiger partial charge in [-0.15, -0.1) is 11.3 Å². The van der Waals surface area contributed by atoms with Crippen LogP contribution in [0, 0.1) is 11.3 Å². The Bertz CT molecular complexity index is 564. The lowest BCUT2D eigenvalue weighted by atomic mass is 10.2. The van der Waals surface area contributed by atoms with Crippen molar-refractivity contribution in [2.45, 2.75) is 25.2 Å². The molecule has 0 bridgehead atoms. The first-order valence-corrected chi connectivity index (χ1v) is 6.28. The minimum Gasteiger partial charge on any atom is -0.336 e. The molecule has 0 amide bonds. The fourth-order valence-corrected chi connectivity index (χ4v) is 2.55. The predicted octanol–water partition coefficient (Wildman–Crippen LogP) is 2.82. The molecule has 2 heterocycles. The van der Waals surface area contributed by atoms with Crippen LogP contribution in [-0.2, 0) is 6.42 Å². The SMILES string of the molecule is N#CCc1nc(Nc2sccc2C2CC2)no1. The molecule has 1 fully saturated rings. The van der Waals surface area contributed by atoms with Crippen molar-refractivity contribution < 1.29 is 4.52 Å². The highest BCUT2D eigenvalue weighted by Crippen LogP contribution is 2.45. The maximum Gasteiger partial charge on any atom is 0.268 e. The molecule has 6 heteroatoms. The molecule has 17 heavy (non-hydrogen) atoms. The van der Waals surface area contributed by atoms with Gasteiger partial charge in [-0.05, 0) is 40.9 Å². The zero-order valence-corrected chi connectivity index (χ0v) is 9.83. The molecule has 1 saturated carbocycles. The summed E-state index contributed by atoms with van der Waals surface area (Å²) in [5.74, 6) is 1.47. The van der Waals surface area contributed by atoms with Crippen LogP contribution in [0.3, 0.4) is 0 Å². The fraction of sp³-hybridized carbons (Fsp3) is 0.364. The number of hydrogen-bond donors (Lipinski definition) is 1. The highest BCUT2D eigenvalue weighted by atomic mass is 32.1. The number of rotatable bonds is 4. The number of nitrogens with one attached hydrogen (secondary N) is 1. The van der Waals surface area contributed by atoms with E-state index in [2.05, 4.69) is 26.9 Å². The van der Waals surface area contributed by atoms with Crippen LogP contribution in [0.1, 0.15) is 30.2 Å². The Hall–Kier alpha value is -1.87. The summed E-state index contributed by atoms with van der Waals surface area (Å²) in [5.41, 5.74) is 1.33. The van der Waals surface area contributed by atoms with Crippen LogP contribution >= 0.6 is 11.3 Å². The fourth-order valence-electron chi connectivity index (χ4n) is 1.68. The molecule has 0 aliphatic heterocycles. The molecule has 2 aromatic heterocycles. The Morgan fingerprint density at radius 3 is 3.24 bits per heavy atom. The van der Waals surface area contributed by atoms with Gasteiger partial charge in [0.15, 0.2) is 0 Å². The first-order valence-electron chi connectivity index (χ1n) is 5.41. The smallest absolute Gasteiger partial charge is 0.268 e. The van der Waals surface area contributed by atoms with Crippen molar-refractivity contribution in [2.75, 3.05) is 5.32 Å². The van der Waals surface area contributed by atoms with Gasteiger partial charge in [0.2, 0.25) is 5.89 Å². The number of aromatic nitrogens is 2. The first kappa shape index (κ1) is 10.3. The van der Waals surface area contributed by atoms with Gasteiger partial charge in [-0.2, -0.15) is 10.2 Å². The summed E-state index contributed by atoms with van der Waals surface area (Å²) >= 11 is 1.64. The van der Waals surface area contributed by atoms with Gasteiger partial charge in [-0.1, -0.05) is 0 Å². The highest BCUT2D eigenvalue weighted by Gasteiger charge is 2.27. The maximum atomic E-state index is 8.51. The molecular formula is C11H10N4OS. The Labute approximate surface area is 102 Å². The Morgan fingerprint density at radius 1 is 1.59 bits per heavy atom. The molecule has 0 atom stereocenters. The van der Waals surface area contributed by atoms with Crippen LogP contribution < -0.4 is 5.32 Å². The lowest BCUT2D eigenvalue weighted by Gasteiger charge is -2.00. The third kappa shape index (κ3) is 2.15. The van der Waals surface area contributed by atoms with Gasteiger partial charge in [0.05, 0.1) is 11.1 Å². The second kappa shape index (κ2) is 4.18. The molecule has 0 spiro atoms. The van der Waals surface area contributed by atoms with Crippen molar-refractivity contribution in [1.82, 2.24) is 10.1 Å². The summed E-state index contributed by atoms with van der Waals surface area (Å²) in [6, 6.07) is 4.11. The van der Waals surface area contributed by atoms with E-state index in [0.717, 1.165) is 5.00 Å². The van der Waals surface area contributed by atoms with E-state index in [0.29, 0.717) is 17.8 Å². The highest BCUT2D eigenvalue weighted by molar-refractivity contribution is 7.14. The van der Waals surface area contributed by atoms with E-state index < -0.39 is 0 Å². The third-order valence-electron chi connectivity index (χ3n) is 2.64. The van der Waals surface area contributed by atoms with E-state index in [1.807, 2.05) is 6.07 Å². The Kier molecular flexibility index (Phi) is 2.53. The molecule has 0 radical (unpaired) electrons. The first-order chi connectivity index (χ1) is 8.36. The lowest BCUT2D eigenvalue weighted by Crippen LogP contribution is -1.93. The van der Waals surface area contributed by atoms with Crippen molar-refractivity contribution >= 4 is 22.3 Å². The van der Waals surface area contributed by atoms with Crippen LogP contribution in [-0.4, -0.2) is 10.1 Å². The van der Waals surface area contributed by atoms with E-state index in [1.165, 1.54) is 18.4 Å². The molecule has 0 unspecified atom stereocenters. The summed E-state index contributed by atoms with van der Waals surface area (Å²) in [4.78, 5) is 4.09. The van der Waals surface area contributed by atoms with E-state index in [9.17, 15) is 0 Å². The number of nitriles is 1. The van der Waals surface area contributed by atoms with Crippen LogP contribution in [0.4, 0.5) is 10.9 Å². The van der Waals surface area contributed by atoms with Gasteiger partial charge < -0.3 is 9.84 Å². The molecule has 2 aromatic rings. The summed E-state index contributed by atoms with van der Waals surface area (Å²) in [6.07, 6.45) is 2.67. The van der Waals surface area contributed by atoms with Gasteiger partial charge in [0.25, 0.3) is 5.95 Å². The Balaban J connectivity index is 1.76. The second-order valence-corrected chi connectivity index (χ2v) is 4.87. The van der Waals surface area contributed by atoms with Gasteiger partial charge in [0, 0.05) is 0 Å². The van der Waals surface area contributed by atoms with Gasteiger partial charge in [-0.3, -0.25) is 0 Å². The number of hydrogen-bond acceptors (Lipinski definition) is 6. The zero-order valence-electron chi connectivity index (χ0n) is 9.01. The molecule has 0 saturated heterocycles. The average molecular weight is 246 g/mol. The van der Waals surface area contributed by atoms with E-state index in [1.54, 1.807) is 11.3 Å². The van der Waals surface area contributed by atoms with Crippen LogP contribution in [0.15, 0.2) is 16.0 Å². The average Bonchev–Trinajstić information content (AvgIpc) is 2.91. The molecule has 0 aromatic carbocycles. The molecule has 86 valence electrons. The quantitative estimate of drug-likeness (QED) is 0.897. The van der Waals surface area contributed by atoms with Crippen LogP contribution in [0.2, 0.25) is 0 Å². The van der Waals surface area contributed by atoms with Gasteiger partial charge in [-0.25, -0.2) is 0 Å². The van der Waals surface area contributed by atoms with Crippen molar-refractivity contribution in [1.29, 1.82) is 5.26 Å². The molecule has 1 aliphatic carbocycles. The minimum atomic E-state index is 0.147. The van der Waals surface area contributed by atoms with E-state index in [-0.39, 0.29) is 6.42 Å². The largest absolute Gasteiger partial charge is 0.336 e. The van der Waals surface area contributed by atoms with Crippen molar-refractivity contribution in [2.24, 2.45) is 0 Å². The second-order valence-electron chi connectivity index (χ2n) is 3.95. The number of nitrogens with zero attached hydrogens (tertiary/aromatic N) is 3. The summed E-state index contributed by atoms with van der Waals surface area (Å²) in [6.45, 7) is 0. The van der Waals surface area contributed by atoms with Gasteiger partial charge in [0.1, 0.15) is 6.42 Å².